The zero-order valence-corrected chi connectivity index (χ0v) is 19.0. The number of nitrogens with zero attached hydrogens (tertiary/aromatic N) is 3. The molecule has 2 aromatic carbocycles. The molecule has 0 saturated carbocycles. The smallest absolute Gasteiger partial charge is 0.274 e. The Labute approximate surface area is 182 Å². The SMILES string of the molecule is CCN(CC)c1ccc(CNC(=O)CN(c2cccc([N+](=O)[O-])c2C)S(C)(=O)=O)cc1. The number of nitrogens with one attached hydrogen (secondary N) is 1. The Morgan fingerprint density at radius 1 is 1.10 bits per heavy atom. The predicted molar refractivity (Wildman–Crippen MR) is 122 cm³/mol. The number of anilines is 2. The highest BCUT2D eigenvalue weighted by Gasteiger charge is 2.25. The Kier molecular flexibility index (Phi) is 7.98. The van der Waals surface area contributed by atoms with E-state index in [4.69, 9.17) is 0 Å². The Morgan fingerprint density at radius 3 is 2.23 bits per heavy atom. The summed E-state index contributed by atoms with van der Waals surface area (Å²) in [7, 11) is -3.84. The fourth-order valence-corrected chi connectivity index (χ4v) is 4.17. The van der Waals surface area contributed by atoms with Gasteiger partial charge in [-0.25, -0.2) is 8.42 Å². The molecule has 0 aliphatic heterocycles. The van der Waals surface area contributed by atoms with Crippen molar-refractivity contribution in [2.24, 2.45) is 0 Å². The first kappa shape index (κ1) is 24.1. The second kappa shape index (κ2) is 10.3. The minimum Gasteiger partial charge on any atom is -0.372 e. The molecule has 1 N–H and O–H groups in total. The van der Waals surface area contributed by atoms with Gasteiger partial charge in [0.2, 0.25) is 15.9 Å². The van der Waals surface area contributed by atoms with Gasteiger partial charge in [0.1, 0.15) is 6.54 Å². The molecular formula is C21H28N4O5S. The third kappa shape index (κ3) is 6.17. The van der Waals surface area contributed by atoms with E-state index in [-0.39, 0.29) is 23.5 Å². The largest absolute Gasteiger partial charge is 0.372 e. The second-order valence-corrected chi connectivity index (χ2v) is 8.97. The number of amides is 1. The molecule has 0 aromatic heterocycles. The maximum Gasteiger partial charge on any atom is 0.274 e. The van der Waals surface area contributed by atoms with Crippen molar-refractivity contribution in [3.05, 3.63) is 63.7 Å². The Hall–Kier alpha value is -3.14. The molecule has 31 heavy (non-hydrogen) atoms. The summed E-state index contributed by atoms with van der Waals surface area (Å²) in [6.45, 7) is 7.17. The zero-order chi connectivity index (χ0) is 23.2. The van der Waals surface area contributed by atoms with Crippen molar-refractivity contribution in [2.75, 3.05) is 35.1 Å². The van der Waals surface area contributed by atoms with E-state index in [9.17, 15) is 23.3 Å². The predicted octanol–water partition coefficient (Wildman–Crippen LogP) is 2.83. The van der Waals surface area contributed by atoms with E-state index >= 15 is 0 Å². The molecule has 0 unspecified atom stereocenters. The van der Waals surface area contributed by atoms with E-state index in [2.05, 4.69) is 24.1 Å². The molecule has 0 atom stereocenters. The van der Waals surface area contributed by atoms with Crippen LogP contribution >= 0.6 is 0 Å². The van der Waals surface area contributed by atoms with Crippen LogP contribution in [0.3, 0.4) is 0 Å². The molecule has 0 aliphatic carbocycles. The summed E-state index contributed by atoms with van der Waals surface area (Å²) in [4.78, 5) is 25.3. The summed E-state index contributed by atoms with van der Waals surface area (Å²) in [6.07, 6.45) is 0.963. The molecule has 0 bridgehead atoms. The molecule has 9 nitrogen and oxygen atoms in total. The minimum atomic E-state index is -3.84. The molecular weight excluding hydrogens is 420 g/mol. The van der Waals surface area contributed by atoms with Crippen molar-refractivity contribution in [1.82, 2.24) is 5.32 Å². The van der Waals surface area contributed by atoms with Crippen LogP contribution in [0.5, 0.6) is 0 Å². The topological polar surface area (TPSA) is 113 Å². The van der Waals surface area contributed by atoms with E-state index in [1.54, 1.807) is 0 Å². The number of carbonyl (C=O) groups is 1. The highest BCUT2D eigenvalue weighted by Crippen LogP contribution is 2.29. The van der Waals surface area contributed by atoms with Gasteiger partial charge < -0.3 is 10.2 Å². The quantitative estimate of drug-likeness (QED) is 0.442. The van der Waals surface area contributed by atoms with Gasteiger partial charge in [-0.05, 0) is 44.5 Å². The lowest BCUT2D eigenvalue weighted by Gasteiger charge is -2.23. The van der Waals surface area contributed by atoms with Crippen molar-refractivity contribution in [3.63, 3.8) is 0 Å². The molecule has 0 spiro atoms. The van der Waals surface area contributed by atoms with Crippen LogP contribution < -0.4 is 14.5 Å². The normalized spacial score (nSPS) is 11.1. The van der Waals surface area contributed by atoms with Crippen molar-refractivity contribution in [1.29, 1.82) is 0 Å². The number of hydrogen-bond donors (Lipinski definition) is 1. The van der Waals surface area contributed by atoms with Gasteiger partial charge in [0.05, 0.1) is 22.4 Å². The molecule has 0 saturated heterocycles. The lowest BCUT2D eigenvalue weighted by molar-refractivity contribution is -0.385. The van der Waals surface area contributed by atoms with Gasteiger partial charge in [0.25, 0.3) is 5.69 Å². The molecule has 2 rings (SSSR count). The van der Waals surface area contributed by atoms with Crippen molar-refractivity contribution >= 4 is 33.0 Å². The summed E-state index contributed by atoms with van der Waals surface area (Å²) in [5, 5.41) is 13.9. The lowest BCUT2D eigenvalue weighted by Crippen LogP contribution is -2.40. The van der Waals surface area contributed by atoms with Gasteiger partial charge >= 0.3 is 0 Å². The lowest BCUT2D eigenvalue weighted by atomic mass is 10.1. The summed E-state index contributed by atoms with van der Waals surface area (Å²) in [5.41, 5.74) is 2.04. The summed E-state index contributed by atoms with van der Waals surface area (Å²) < 4.78 is 25.5. The first-order chi connectivity index (χ1) is 14.6. The van der Waals surface area contributed by atoms with Crippen LogP contribution in [0.15, 0.2) is 42.5 Å². The highest BCUT2D eigenvalue weighted by molar-refractivity contribution is 7.92. The summed E-state index contributed by atoms with van der Waals surface area (Å²) >= 11 is 0. The monoisotopic (exact) mass is 448 g/mol. The van der Waals surface area contributed by atoms with Crippen LogP contribution in [0.4, 0.5) is 17.1 Å². The Balaban J connectivity index is 2.13. The number of hydrogen-bond acceptors (Lipinski definition) is 6. The van der Waals surface area contributed by atoms with Gasteiger partial charge in [-0.3, -0.25) is 19.2 Å². The minimum absolute atomic E-state index is 0.107. The standard InChI is InChI=1S/C21H28N4O5S/c1-5-23(6-2)18-12-10-17(11-13-18)14-22-21(26)15-24(31(4,29)30)19-8-7-9-20(16(19)3)25(27)28/h7-13H,5-6,14-15H2,1-4H3,(H,22,26). The van der Waals surface area contributed by atoms with E-state index in [1.807, 2.05) is 24.3 Å². The van der Waals surface area contributed by atoms with Crippen LogP contribution in [-0.4, -0.2) is 45.1 Å². The van der Waals surface area contributed by atoms with E-state index in [0.29, 0.717) is 0 Å². The second-order valence-electron chi connectivity index (χ2n) is 7.06. The number of carbonyl (C=O) groups excluding carboxylic acids is 1. The van der Waals surface area contributed by atoms with Gasteiger partial charge in [0, 0.05) is 31.4 Å². The maximum atomic E-state index is 12.5. The fourth-order valence-electron chi connectivity index (χ4n) is 3.26. The van der Waals surface area contributed by atoms with Crippen LogP contribution in [0.25, 0.3) is 0 Å². The first-order valence-electron chi connectivity index (χ1n) is 9.90. The third-order valence-corrected chi connectivity index (χ3v) is 6.11. The third-order valence-electron chi connectivity index (χ3n) is 4.98. The van der Waals surface area contributed by atoms with Gasteiger partial charge in [-0.15, -0.1) is 0 Å². The summed E-state index contributed by atoms with van der Waals surface area (Å²) in [5.74, 6) is -0.510. The van der Waals surface area contributed by atoms with Crippen LogP contribution in [-0.2, 0) is 21.4 Å². The number of rotatable bonds is 10. The van der Waals surface area contributed by atoms with Crippen molar-refractivity contribution in [2.45, 2.75) is 27.3 Å². The number of benzene rings is 2. The highest BCUT2D eigenvalue weighted by atomic mass is 32.2. The van der Waals surface area contributed by atoms with E-state index in [0.717, 1.165) is 34.9 Å². The maximum absolute atomic E-state index is 12.5. The van der Waals surface area contributed by atoms with E-state index < -0.39 is 27.4 Å². The van der Waals surface area contributed by atoms with Crippen LogP contribution in [0.2, 0.25) is 0 Å². The molecule has 168 valence electrons. The van der Waals surface area contributed by atoms with Crippen LogP contribution in [0, 0.1) is 17.0 Å². The molecule has 10 heteroatoms. The zero-order valence-electron chi connectivity index (χ0n) is 18.2. The molecule has 0 heterocycles. The van der Waals surface area contributed by atoms with Crippen molar-refractivity contribution < 1.29 is 18.1 Å². The van der Waals surface area contributed by atoms with Gasteiger partial charge in [0.15, 0.2) is 0 Å². The molecule has 2 aromatic rings. The number of nitro benzene ring substituents is 1. The molecule has 0 radical (unpaired) electrons. The molecule has 1 amide bonds. The summed E-state index contributed by atoms with van der Waals surface area (Å²) in [6, 6.07) is 11.9. The number of nitro groups is 1. The fraction of sp³-hybridized carbons (Fsp3) is 0.381. The average molecular weight is 449 g/mol. The van der Waals surface area contributed by atoms with Gasteiger partial charge in [-0.1, -0.05) is 18.2 Å². The molecule has 0 aliphatic rings. The van der Waals surface area contributed by atoms with E-state index in [1.165, 1.54) is 25.1 Å². The average Bonchev–Trinajstić information content (AvgIpc) is 2.72. The Morgan fingerprint density at radius 2 is 1.71 bits per heavy atom. The van der Waals surface area contributed by atoms with Gasteiger partial charge in [-0.2, -0.15) is 0 Å². The molecule has 0 fully saturated rings. The van der Waals surface area contributed by atoms with Crippen molar-refractivity contribution in [3.8, 4) is 0 Å². The Bertz CT molecular complexity index is 1030. The number of sulfonamides is 1. The van der Waals surface area contributed by atoms with Crippen LogP contribution in [0.1, 0.15) is 25.0 Å². The first-order valence-corrected chi connectivity index (χ1v) is 11.8.